The molecule has 2 rings (SSSR count). The van der Waals surface area contributed by atoms with E-state index in [1.54, 1.807) is 19.1 Å². The van der Waals surface area contributed by atoms with Crippen LogP contribution >= 0.6 is 15.9 Å². The first-order valence-electron chi connectivity index (χ1n) is 7.29. The largest absolute Gasteiger partial charge is 0.481 e. The molecule has 2 atom stereocenters. The molecule has 1 aromatic carbocycles. The van der Waals surface area contributed by atoms with Gasteiger partial charge in [-0.2, -0.15) is 0 Å². The molecular formula is C16H19BrFNO3. The van der Waals surface area contributed by atoms with Crippen LogP contribution in [-0.4, -0.2) is 22.5 Å². The lowest BCUT2D eigenvalue weighted by Gasteiger charge is -2.39. The lowest BCUT2D eigenvalue weighted by molar-refractivity contribution is -0.146. The van der Waals surface area contributed by atoms with Crippen molar-refractivity contribution in [2.24, 2.45) is 5.92 Å². The van der Waals surface area contributed by atoms with Crippen molar-refractivity contribution in [2.45, 2.75) is 44.6 Å². The summed E-state index contributed by atoms with van der Waals surface area (Å²) in [5.74, 6) is -2.05. The molecule has 2 N–H and O–H groups in total. The first-order valence-corrected chi connectivity index (χ1v) is 8.09. The van der Waals surface area contributed by atoms with E-state index in [0.717, 1.165) is 12.8 Å². The van der Waals surface area contributed by atoms with E-state index in [2.05, 4.69) is 21.2 Å². The Balaban J connectivity index is 2.06. The number of nitrogens with one attached hydrogen (secondary N) is 1. The molecule has 1 saturated carbocycles. The molecular weight excluding hydrogens is 353 g/mol. The van der Waals surface area contributed by atoms with E-state index in [0.29, 0.717) is 22.9 Å². The predicted octanol–water partition coefficient (Wildman–Crippen LogP) is 3.28. The highest BCUT2D eigenvalue weighted by Gasteiger charge is 2.42. The Morgan fingerprint density at radius 2 is 2.18 bits per heavy atom. The molecule has 1 aliphatic carbocycles. The van der Waals surface area contributed by atoms with Gasteiger partial charge in [0.25, 0.3) is 0 Å². The average Bonchev–Trinajstić information content (AvgIpc) is 2.42. The van der Waals surface area contributed by atoms with Gasteiger partial charge >= 0.3 is 5.97 Å². The number of rotatable bonds is 4. The molecule has 1 fully saturated rings. The fourth-order valence-electron chi connectivity index (χ4n) is 3.08. The molecule has 0 heterocycles. The molecule has 0 bridgehead atoms. The Labute approximate surface area is 137 Å². The van der Waals surface area contributed by atoms with Gasteiger partial charge in [-0.25, -0.2) is 4.39 Å². The van der Waals surface area contributed by atoms with Gasteiger partial charge in [0.1, 0.15) is 5.82 Å². The van der Waals surface area contributed by atoms with Crippen molar-refractivity contribution in [2.75, 3.05) is 0 Å². The van der Waals surface area contributed by atoms with Gasteiger partial charge in [0.2, 0.25) is 5.91 Å². The molecule has 22 heavy (non-hydrogen) atoms. The number of hydrogen-bond acceptors (Lipinski definition) is 2. The molecule has 6 heteroatoms. The molecule has 1 amide bonds. The van der Waals surface area contributed by atoms with Crippen LogP contribution in [0.15, 0.2) is 22.7 Å². The van der Waals surface area contributed by atoms with Crippen molar-refractivity contribution in [3.8, 4) is 0 Å². The van der Waals surface area contributed by atoms with Crippen molar-refractivity contribution in [3.63, 3.8) is 0 Å². The third kappa shape index (κ3) is 3.85. The number of carboxylic acid groups (broad SMARTS) is 1. The van der Waals surface area contributed by atoms with E-state index in [9.17, 15) is 19.1 Å². The molecule has 0 saturated heterocycles. The Bertz CT molecular complexity index is 593. The Hall–Kier alpha value is -1.43. The van der Waals surface area contributed by atoms with Gasteiger partial charge in [0.15, 0.2) is 0 Å². The quantitative estimate of drug-likeness (QED) is 0.853. The first-order chi connectivity index (χ1) is 10.3. The summed E-state index contributed by atoms with van der Waals surface area (Å²) in [5, 5.41) is 12.2. The zero-order valence-electron chi connectivity index (χ0n) is 12.4. The molecule has 1 aliphatic rings. The second kappa shape index (κ2) is 6.77. The van der Waals surface area contributed by atoms with Crippen molar-refractivity contribution in [3.05, 3.63) is 34.1 Å². The number of halogens is 2. The van der Waals surface area contributed by atoms with Crippen molar-refractivity contribution >= 4 is 27.8 Å². The van der Waals surface area contributed by atoms with E-state index < -0.39 is 17.4 Å². The van der Waals surface area contributed by atoms with Gasteiger partial charge in [0, 0.05) is 0 Å². The van der Waals surface area contributed by atoms with E-state index in [1.807, 2.05) is 0 Å². The number of amides is 1. The molecule has 120 valence electrons. The number of aliphatic carboxylic acids is 1. The van der Waals surface area contributed by atoms with Crippen LogP contribution in [0.1, 0.15) is 38.2 Å². The number of carboxylic acids is 1. The third-order valence-electron chi connectivity index (χ3n) is 4.28. The lowest BCUT2D eigenvalue weighted by Crippen LogP contribution is -2.55. The van der Waals surface area contributed by atoms with Crippen LogP contribution in [0.25, 0.3) is 0 Å². The van der Waals surface area contributed by atoms with Crippen LogP contribution in [0.4, 0.5) is 4.39 Å². The Morgan fingerprint density at radius 3 is 2.82 bits per heavy atom. The lowest BCUT2D eigenvalue weighted by atomic mass is 9.74. The Kier molecular flexibility index (Phi) is 5.21. The van der Waals surface area contributed by atoms with Crippen LogP contribution in [0.3, 0.4) is 0 Å². The van der Waals surface area contributed by atoms with E-state index in [-0.39, 0.29) is 18.1 Å². The first kappa shape index (κ1) is 16.9. The summed E-state index contributed by atoms with van der Waals surface area (Å²) < 4.78 is 13.5. The highest BCUT2D eigenvalue weighted by Crippen LogP contribution is 2.34. The topological polar surface area (TPSA) is 66.4 Å². The summed E-state index contributed by atoms with van der Waals surface area (Å²) in [6.07, 6.45) is 3.10. The minimum absolute atomic E-state index is 0.0980. The fourth-order valence-corrected chi connectivity index (χ4v) is 3.50. The smallest absolute Gasteiger partial charge is 0.308 e. The summed E-state index contributed by atoms with van der Waals surface area (Å²) in [7, 11) is 0. The average molecular weight is 372 g/mol. The predicted molar refractivity (Wildman–Crippen MR) is 83.9 cm³/mol. The van der Waals surface area contributed by atoms with Crippen LogP contribution in [0.5, 0.6) is 0 Å². The van der Waals surface area contributed by atoms with E-state index in [4.69, 9.17) is 0 Å². The summed E-state index contributed by atoms with van der Waals surface area (Å²) in [5.41, 5.74) is -0.0459. The Morgan fingerprint density at radius 1 is 1.45 bits per heavy atom. The van der Waals surface area contributed by atoms with Gasteiger partial charge in [-0.05, 0) is 53.4 Å². The number of benzene rings is 1. The molecule has 0 aromatic heterocycles. The minimum atomic E-state index is -0.868. The van der Waals surface area contributed by atoms with Gasteiger partial charge in [-0.3, -0.25) is 9.59 Å². The SMILES string of the molecule is CC1(NC(=O)Cc2ccc(F)c(Br)c2)CCCCC1C(=O)O. The van der Waals surface area contributed by atoms with Crippen LogP contribution in [0, 0.1) is 11.7 Å². The van der Waals surface area contributed by atoms with Crippen molar-refractivity contribution in [1.29, 1.82) is 0 Å². The minimum Gasteiger partial charge on any atom is -0.481 e. The number of carbonyl (C=O) groups is 2. The summed E-state index contributed by atoms with van der Waals surface area (Å²) in [6, 6.07) is 4.42. The second-order valence-corrected chi connectivity index (χ2v) is 6.88. The monoisotopic (exact) mass is 371 g/mol. The maximum atomic E-state index is 13.2. The highest BCUT2D eigenvalue weighted by atomic mass is 79.9. The fraction of sp³-hybridized carbons (Fsp3) is 0.500. The number of hydrogen-bond donors (Lipinski definition) is 2. The zero-order valence-corrected chi connectivity index (χ0v) is 14.0. The zero-order chi connectivity index (χ0) is 16.3. The molecule has 1 aromatic rings. The van der Waals surface area contributed by atoms with Crippen LogP contribution in [0.2, 0.25) is 0 Å². The molecule has 0 radical (unpaired) electrons. The number of carbonyl (C=O) groups excluding carboxylic acids is 1. The van der Waals surface area contributed by atoms with Gasteiger partial charge in [-0.1, -0.05) is 18.9 Å². The van der Waals surface area contributed by atoms with E-state index in [1.165, 1.54) is 6.07 Å². The maximum Gasteiger partial charge on any atom is 0.308 e. The molecule has 4 nitrogen and oxygen atoms in total. The highest BCUT2D eigenvalue weighted by molar-refractivity contribution is 9.10. The van der Waals surface area contributed by atoms with Gasteiger partial charge < -0.3 is 10.4 Å². The van der Waals surface area contributed by atoms with Gasteiger partial charge in [-0.15, -0.1) is 0 Å². The van der Waals surface area contributed by atoms with Crippen molar-refractivity contribution in [1.82, 2.24) is 5.32 Å². The van der Waals surface area contributed by atoms with Crippen molar-refractivity contribution < 1.29 is 19.1 Å². The molecule has 0 spiro atoms. The maximum absolute atomic E-state index is 13.2. The molecule has 0 aliphatic heterocycles. The second-order valence-electron chi connectivity index (χ2n) is 6.03. The normalized spacial score (nSPS) is 24.8. The van der Waals surface area contributed by atoms with Crippen LogP contribution < -0.4 is 5.32 Å². The summed E-state index contributed by atoms with van der Waals surface area (Å²) in [6.45, 7) is 1.80. The van der Waals surface area contributed by atoms with Crippen LogP contribution in [-0.2, 0) is 16.0 Å². The van der Waals surface area contributed by atoms with E-state index >= 15 is 0 Å². The summed E-state index contributed by atoms with van der Waals surface area (Å²) >= 11 is 3.09. The molecule has 2 unspecified atom stereocenters. The van der Waals surface area contributed by atoms with Gasteiger partial charge in [0.05, 0.1) is 22.4 Å². The third-order valence-corrected chi connectivity index (χ3v) is 4.89. The standard InChI is InChI=1S/C16H19BrFNO3/c1-16(7-3-2-4-11(16)15(21)22)19-14(20)9-10-5-6-13(18)12(17)8-10/h5-6,8,11H,2-4,7,9H2,1H3,(H,19,20)(H,21,22). The summed E-state index contributed by atoms with van der Waals surface area (Å²) in [4.78, 5) is 23.6.